The molecule has 4 nitrogen and oxygen atoms in total. The molecule has 1 N–H and O–H groups in total. The minimum absolute atomic E-state index is 0.00990. The lowest BCUT2D eigenvalue weighted by atomic mass is 10.00. The molecule has 1 aromatic carbocycles. The molecule has 0 aliphatic carbocycles. The Balaban J connectivity index is 1.85. The summed E-state index contributed by atoms with van der Waals surface area (Å²) >= 11 is 1.49. The first-order valence-corrected chi connectivity index (χ1v) is 7.58. The Morgan fingerprint density at radius 2 is 2.10 bits per heavy atom. The molecule has 1 aromatic heterocycles. The fourth-order valence-electron chi connectivity index (χ4n) is 2.79. The molecule has 2 heterocycles. The van der Waals surface area contributed by atoms with E-state index in [1.54, 1.807) is 6.07 Å². The van der Waals surface area contributed by atoms with Crippen molar-refractivity contribution in [3.63, 3.8) is 0 Å². The van der Waals surface area contributed by atoms with Gasteiger partial charge >= 0.3 is 0 Å². The van der Waals surface area contributed by atoms with Gasteiger partial charge < -0.3 is 5.32 Å². The van der Waals surface area contributed by atoms with E-state index < -0.39 is 11.6 Å². The highest BCUT2D eigenvalue weighted by atomic mass is 32.1. The number of nitrogens with one attached hydrogen (secondary N) is 1. The van der Waals surface area contributed by atoms with E-state index in [-0.39, 0.29) is 12.1 Å². The van der Waals surface area contributed by atoms with Crippen molar-refractivity contribution in [1.29, 1.82) is 0 Å². The van der Waals surface area contributed by atoms with E-state index in [4.69, 9.17) is 0 Å². The number of halogens is 2. The molecular formula is C14H16F2N4S. The van der Waals surface area contributed by atoms with Crippen molar-refractivity contribution in [2.75, 3.05) is 18.9 Å². The molecule has 2 aromatic rings. The molecule has 1 saturated heterocycles. The summed E-state index contributed by atoms with van der Waals surface area (Å²) in [5, 5.41) is 13.1. The van der Waals surface area contributed by atoms with Gasteiger partial charge in [-0.2, -0.15) is 0 Å². The Hall–Kier alpha value is -1.60. The fourth-order valence-corrected chi connectivity index (χ4v) is 3.45. The van der Waals surface area contributed by atoms with Gasteiger partial charge in [0, 0.05) is 12.6 Å². The van der Waals surface area contributed by atoms with Gasteiger partial charge in [0.25, 0.3) is 0 Å². The van der Waals surface area contributed by atoms with Crippen LogP contribution in [0.4, 0.5) is 13.9 Å². The molecule has 7 heteroatoms. The highest BCUT2D eigenvalue weighted by Gasteiger charge is 2.34. The highest BCUT2D eigenvalue weighted by Crippen LogP contribution is 2.34. The summed E-state index contributed by atoms with van der Waals surface area (Å²) < 4.78 is 26.6. The standard InChI is InChI=1S/C14H16F2N4S/c1-8-18-19-14(21-8)17-12-5-6-20(2)13(12)9-3-4-10(15)11(16)7-9/h3-4,7,12-13H,5-6H2,1-2H3,(H,17,19)/t12-,13-/m1/s1. The number of hydrogen-bond donors (Lipinski definition) is 1. The number of anilines is 1. The van der Waals surface area contributed by atoms with Crippen LogP contribution in [0.15, 0.2) is 18.2 Å². The van der Waals surface area contributed by atoms with Gasteiger partial charge in [0.05, 0.1) is 6.04 Å². The van der Waals surface area contributed by atoms with Gasteiger partial charge in [0.1, 0.15) is 5.01 Å². The molecule has 112 valence electrons. The van der Waals surface area contributed by atoms with Crippen molar-refractivity contribution in [3.8, 4) is 0 Å². The van der Waals surface area contributed by atoms with Crippen molar-refractivity contribution in [3.05, 3.63) is 40.4 Å². The summed E-state index contributed by atoms with van der Waals surface area (Å²) in [5.74, 6) is -1.62. The molecule has 0 radical (unpaired) electrons. The fraction of sp³-hybridized carbons (Fsp3) is 0.429. The normalized spacial score (nSPS) is 22.7. The molecule has 0 spiro atoms. The number of likely N-dealkylation sites (tertiary alicyclic amines) is 1. The van der Waals surface area contributed by atoms with Gasteiger partial charge in [-0.15, -0.1) is 10.2 Å². The topological polar surface area (TPSA) is 41.1 Å². The van der Waals surface area contributed by atoms with Crippen molar-refractivity contribution < 1.29 is 8.78 Å². The van der Waals surface area contributed by atoms with Crippen LogP contribution in [0.5, 0.6) is 0 Å². The monoisotopic (exact) mass is 310 g/mol. The second-order valence-electron chi connectivity index (χ2n) is 5.26. The van der Waals surface area contributed by atoms with Gasteiger partial charge in [0.15, 0.2) is 11.6 Å². The maximum Gasteiger partial charge on any atom is 0.205 e. The predicted molar refractivity (Wildman–Crippen MR) is 78.4 cm³/mol. The van der Waals surface area contributed by atoms with Crippen LogP contribution >= 0.6 is 11.3 Å². The van der Waals surface area contributed by atoms with E-state index in [1.165, 1.54) is 23.5 Å². The first-order valence-electron chi connectivity index (χ1n) is 6.76. The molecule has 0 saturated carbocycles. The first-order chi connectivity index (χ1) is 10.0. The molecule has 0 unspecified atom stereocenters. The lowest BCUT2D eigenvalue weighted by Crippen LogP contribution is -2.29. The van der Waals surface area contributed by atoms with Gasteiger partial charge in [-0.1, -0.05) is 17.4 Å². The van der Waals surface area contributed by atoms with Crippen LogP contribution in [0, 0.1) is 18.6 Å². The zero-order valence-electron chi connectivity index (χ0n) is 11.8. The van der Waals surface area contributed by atoms with Gasteiger partial charge in [-0.25, -0.2) is 8.78 Å². The van der Waals surface area contributed by atoms with Crippen LogP contribution in [0.2, 0.25) is 0 Å². The Bertz CT molecular complexity index is 646. The lowest BCUT2D eigenvalue weighted by Gasteiger charge is -2.26. The molecule has 3 rings (SSSR count). The Morgan fingerprint density at radius 1 is 1.29 bits per heavy atom. The summed E-state index contributed by atoms with van der Waals surface area (Å²) in [7, 11) is 1.99. The Kier molecular flexibility index (Phi) is 3.86. The average molecular weight is 310 g/mol. The molecule has 1 aliphatic rings. The number of aromatic nitrogens is 2. The minimum atomic E-state index is -0.816. The van der Waals surface area contributed by atoms with Crippen LogP contribution in [-0.4, -0.2) is 34.7 Å². The van der Waals surface area contributed by atoms with Crippen molar-refractivity contribution in [2.24, 2.45) is 0 Å². The van der Waals surface area contributed by atoms with Crippen LogP contribution in [-0.2, 0) is 0 Å². The number of benzene rings is 1. The summed E-state index contributed by atoms with van der Waals surface area (Å²) in [6, 6.07) is 4.20. The predicted octanol–water partition coefficient (Wildman–Crippen LogP) is 2.98. The largest absolute Gasteiger partial charge is 0.355 e. The first kappa shape index (κ1) is 14.3. The molecule has 21 heavy (non-hydrogen) atoms. The molecule has 1 fully saturated rings. The SMILES string of the molecule is Cc1nnc(N[C@@H]2CCN(C)[C@@H]2c2ccc(F)c(F)c2)s1. The van der Waals surface area contributed by atoms with Gasteiger partial charge in [-0.3, -0.25) is 4.90 Å². The van der Waals surface area contributed by atoms with E-state index >= 15 is 0 Å². The number of likely N-dealkylation sites (N-methyl/N-ethyl adjacent to an activating group) is 1. The van der Waals surface area contributed by atoms with E-state index in [1.807, 2.05) is 14.0 Å². The quantitative estimate of drug-likeness (QED) is 0.946. The molecule has 0 bridgehead atoms. The van der Waals surface area contributed by atoms with Crippen molar-refractivity contribution >= 4 is 16.5 Å². The maximum absolute atomic E-state index is 13.5. The summed E-state index contributed by atoms with van der Waals surface area (Å²) in [6.07, 6.45) is 0.915. The number of rotatable bonds is 3. The number of hydrogen-bond acceptors (Lipinski definition) is 5. The smallest absolute Gasteiger partial charge is 0.205 e. The second-order valence-corrected chi connectivity index (χ2v) is 6.45. The number of aryl methyl sites for hydroxylation is 1. The van der Waals surface area contributed by atoms with Gasteiger partial charge in [-0.05, 0) is 38.1 Å². The van der Waals surface area contributed by atoms with Crippen LogP contribution in [0.25, 0.3) is 0 Å². The molecule has 0 amide bonds. The van der Waals surface area contributed by atoms with Crippen LogP contribution in [0.1, 0.15) is 23.0 Å². The van der Waals surface area contributed by atoms with Crippen LogP contribution in [0.3, 0.4) is 0 Å². The molecule has 2 atom stereocenters. The van der Waals surface area contributed by atoms with E-state index in [9.17, 15) is 8.78 Å². The Labute approximate surface area is 125 Å². The van der Waals surface area contributed by atoms with E-state index in [2.05, 4.69) is 20.4 Å². The third-order valence-electron chi connectivity index (χ3n) is 3.77. The zero-order valence-corrected chi connectivity index (χ0v) is 12.6. The Morgan fingerprint density at radius 3 is 2.76 bits per heavy atom. The van der Waals surface area contributed by atoms with Gasteiger partial charge in [0.2, 0.25) is 5.13 Å². The third-order valence-corrected chi connectivity index (χ3v) is 4.54. The zero-order chi connectivity index (χ0) is 15.0. The summed E-state index contributed by atoms with van der Waals surface area (Å²) in [4.78, 5) is 2.14. The number of nitrogens with zero attached hydrogens (tertiary/aromatic N) is 3. The van der Waals surface area contributed by atoms with E-state index in [0.29, 0.717) is 0 Å². The highest BCUT2D eigenvalue weighted by molar-refractivity contribution is 7.15. The van der Waals surface area contributed by atoms with E-state index in [0.717, 1.165) is 28.7 Å². The van der Waals surface area contributed by atoms with Crippen molar-refractivity contribution in [2.45, 2.75) is 25.4 Å². The third kappa shape index (κ3) is 2.89. The lowest BCUT2D eigenvalue weighted by molar-refractivity contribution is 0.308. The summed E-state index contributed by atoms with van der Waals surface area (Å²) in [6.45, 7) is 2.79. The second kappa shape index (κ2) is 5.65. The molecule has 1 aliphatic heterocycles. The van der Waals surface area contributed by atoms with Crippen molar-refractivity contribution in [1.82, 2.24) is 15.1 Å². The summed E-state index contributed by atoms with van der Waals surface area (Å²) in [5.41, 5.74) is 0.771. The average Bonchev–Trinajstić information content (AvgIpc) is 3.00. The molecular weight excluding hydrogens is 294 g/mol. The maximum atomic E-state index is 13.5. The van der Waals surface area contributed by atoms with Crippen LogP contribution < -0.4 is 5.32 Å². The minimum Gasteiger partial charge on any atom is -0.355 e.